The zero-order valence-electron chi connectivity index (χ0n) is 11.0. The SMILES string of the molecule is COC(=O)CCNC(C)c1cc(C)cc(C)c1. The molecule has 0 amide bonds. The van der Waals surface area contributed by atoms with E-state index in [0.717, 1.165) is 0 Å². The minimum absolute atomic E-state index is 0.176. The maximum atomic E-state index is 11.0. The van der Waals surface area contributed by atoms with Crippen LogP contribution >= 0.6 is 0 Å². The highest BCUT2D eigenvalue weighted by atomic mass is 16.5. The van der Waals surface area contributed by atoms with Crippen molar-refractivity contribution in [1.82, 2.24) is 5.32 Å². The second-order valence-electron chi connectivity index (χ2n) is 4.42. The summed E-state index contributed by atoms with van der Waals surface area (Å²) >= 11 is 0. The third-order valence-corrected chi connectivity index (χ3v) is 2.75. The van der Waals surface area contributed by atoms with E-state index < -0.39 is 0 Å². The van der Waals surface area contributed by atoms with Crippen LogP contribution in [0.3, 0.4) is 0 Å². The van der Waals surface area contributed by atoms with Gasteiger partial charge in [-0.1, -0.05) is 29.3 Å². The quantitative estimate of drug-likeness (QED) is 0.797. The van der Waals surface area contributed by atoms with Crippen molar-refractivity contribution in [2.75, 3.05) is 13.7 Å². The maximum Gasteiger partial charge on any atom is 0.306 e. The first-order chi connectivity index (χ1) is 8.02. The van der Waals surface area contributed by atoms with Crippen LogP contribution in [0.1, 0.15) is 36.1 Å². The van der Waals surface area contributed by atoms with Gasteiger partial charge in [-0.05, 0) is 26.3 Å². The summed E-state index contributed by atoms with van der Waals surface area (Å²) in [4.78, 5) is 11.0. The lowest BCUT2D eigenvalue weighted by atomic mass is 10.0. The smallest absolute Gasteiger partial charge is 0.306 e. The first-order valence-electron chi connectivity index (χ1n) is 5.91. The second-order valence-corrected chi connectivity index (χ2v) is 4.42. The van der Waals surface area contributed by atoms with Gasteiger partial charge in [0.25, 0.3) is 0 Å². The third-order valence-electron chi connectivity index (χ3n) is 2.75. The molecule has 0 aromatic heterocycles. The van der Waals surface area contributed by atoms with Crippen LogP contribution in [-0.2, 0) is 9.53 Å². The van der Waals surface area contributed by atoms with E-state index in [2.05, 4.69) is 49.0 Å². The number of hydrogen-bond donors (Lipinski definition) is 1. The topological polar surface area (TPSA) is 38.3 Å². The van der Waals surface area contributed by atoms with E-state index >= 15 is 0 Å². The second kappa shape index (κ2) is 6.40. The van der Waals surface area contributed by atoms with E-state index in [4.69, 9.17) is 0 Å². The van der Waals surface area contributed by atoms with Crippen molar-refractivity contribution in [1.29, 1.82) is 0 Å². The van der Waals surface area contributed by atoms with Gasteiger partial charge in [0.2, 0.25) is 0 Å². The minimum Gasteiger partial charge on any atom is -0.469 e. The number of aryl methyl sites for hydroxylation is 2. The van der Waals surface area contributed by atoms with Gasteiger partial charge in [0, 0.05) is 12.6 Å². The molecule has 17 heavy (non-hydrogen) atoms. The van der Waals surface area contributed by atoms with Crippen molar-refractivity contribution in [3.8, 4) is 0 Å². The van der Waals surface area contributed by atoms with E-state index in [0.29, 0.717) is 13.0 Å². The Morgan fingerprint density at radius 1 is 1.29 bits per heavy atom. The molecule has 0 aliphatic rings. The first kappa shape index (κ1) is 13.7. The number of carbonyl (C=O) groups is 1. The fourth-order valence-electron chi connectivity index (χ4n) is 1.87. The van der Waals surface area contributed by atoms with Crippen molar-refractivity contribution >= 4 is 5.97 Å². The Morgan fingerprint density at radius 3 is 2.41 bits per heavy atom. The predicted octanol–water partition coefficient (Wildman–Crippen LogP) is 2.52. The number of esters is 1. The molecule has 0 radical (unpaired) electrons. The number of hydrogen-bond acceptors (Lipinski definition) is 3. The summed E-state index contributed by atoms with van der Waals surface area (Å²) in [6, 6.07) is 6.74. The molecule has 1 aromatic carbocycles. The highest BCUT2D eigenvalue weighted by Crippen LogP contribution is 2.16. The van der Waals surface area contributed by atoms with Crippen molar-refractivity contribution in [2.24, 2.45) is 0 Å². The van der Waals surface area contributed by atoms with Gasteiger partial charge in [-0.3, -0.25) is 4.79 Å². The van der Waals surface area contributed by atoms with Crippen molar-refractivity contribution in [2.45, 2.75) is 33.2 Å². The molecule has 0 spiro atoms. The number of rotatable bonds is 5. The summed E-state index contributed by atoms with van der Waals surface area (Å²) in [6.07, 6.45) is 0.408. The summed E-state index contributed by atoms with van der Waals surface area (Å²) in [6.45, 7) is 6.93. The molecule has 94 valence electrons. The minimum atomic E-state index is -0.176. The molecule has 0 aliphatic heterocycles. The van der Waals surface area contributed by atoms with Gasteiger partial charge in [-0.15, -0.1) is 0 Å². The van der Waals surface area contributed by atoms with Crippen LogP contribution in [0.25, 0.3) is 0 Å². The monoisotopic (exact) mass is 235 g/mol. The molecule has 3 heteroatoms. The zero-order valence-corrected chi connectivity index (χ0v) is 11.0. The van der Waals surface area contributed by atoms with Crippen molar-refractivity contribution in [3.63, 3.8) is 0 Å². The van der Waals surface area contributed by atoms with Crippen LogP contribution in [0.4, 0.5) is 0 Å². The normalized spacial score (nSPS) is 12.2. The molecule has 0 fully saturated rings. The molecule has 1 N–H and O–H groups in total. The van der Waals surface area contributed by atoms with E-state index in [1.165, 1.54) is 23.8 Å². The lowest BCUT2D eigenvalue weighted by Crippen LogP contribution is -2.22. The Kier molecular flexibility index (Phi) is 5.16. The molecule has 1 atom stereocenters. The Bertz CT molecular complexity index is 368. The number of carbonyl (C=O) groups excluding carboxylic acids is 1. The van der Waals surface area contributed by atoms with Gasteiger partial charge in [-0.25, -0.2) is 0 Å². The lowest BCUT2D eigenvalue weighted by molar-refractivity contribution is -0.140. The Labute approximate surface area is 103 Å². The molecule has 1 unspecified atom stereocenters. The summed E-state index contributed by atoms with van der Waals surface area (Å²) in [7, 11) is 1.41. The van der Waals surface area contributed by atoms with Crippen LogP contribution < -0.4 is 5.32 Å². The van der Waals surface area contributed by atoms with Crippen LogP contribution in [0.15, 0.2) is 18.2 Å². The Hall–Kier alpha value is -1.35. The summed E-state index contributed by atoms with van der Waals surface area (Å²) in [5, 5.41) is 3.32. The molecule has 0 aliphatic carbocycles. The Balaban J connectivity index is 2.52. The average Bonchev–Trinajstić information content (AvgIpc) is 2.27. The molecule has 0 heterocycles. The number of methoxy groups -OCH3 is 1. The van der Waals surface area contributed by atoms with Crippen LogP contribution in [0.2, 0.25) is 0 Å². The number of nitrogens with one attached hydrogen (secondary N) is 1. The molecular formula is C14H21NO2. The fourth-order valence-corrected chi connectivity index (χ4v) is 1.87. The molecule has 0 saturated heterocycles. The zero-order chi connectivity index (χ0) is 12.8. The summed E-state index contributed by atoms with van der Waals surface area (Å²) in [5.41, 5.74) is 3.79. The average molecular weight is 235 g/mol. The van der Waals surface area contributed by atoms with Crippen LogP contribution in [0.5, 0.6) is 0 Å². The first-order valence-corrected chi connectivity index (χ1v) is 5.91. The van der Waals surface area contributed by atoms with Crippen LogP contribution in [-0.4, -0.2) is 19.6 Å². The van der Waals surface area contributed by atoms with Gasteiger partial charge < -0.3 is 10.1 Å². The van der Waals surface area contributed by atoms with E-state index in [1.54, 1.807) is 0 Å². The Morgan fingerprint density at radius 2 is 1.88 bits per heavy atom. The predicted molar refractivity (Wildman–Crippen MR) is 69.0 cm³/mol. The van der Waals surface area contributed by atoms with E-state index in [-0.39, 0.29) is 12.0 Å². The number of benzene rings is 1. The van der Waals surface area contributed by atoms with Gasteiger partial charge >= 0.3 is 5.97 Å². The highest BCUT2D eigenvalue weighted by molar-refractivity contribution is 5.69. The number of ether oxygens (including phenoxy) is 1. The van der Waals surface area contributed by atoms with E-state index in [1.807, 2.05) is 0 Å². The van der Waals surface area contributed by atoms with E-state index in [9.17, 15) is 4.79 Å². The standard InChI is InChI=1S/C14H21NO2/c1-10-7-11(2)9-13(8-10)12(3)15-6-5-14(16)17-4/h7-9,12,15H,5-6H2,1-4H3. The lowest BCUT2D eigenvalue weighted by Gasteiger charge is -2.15. The molecule has 0 saturated carbocycles. The fraction of sp³-hybridized carbons (Fsp3) is 0.500. The van der Waals surface area contributed by atoms with Gasteiger partial charge in [0.05, 0.1) is 13.5 Å². The molecule has 1 aromatic rings. The molecular weight excluding hydrogens is 214 g/mol. The van der Waals surface area contributed by atoms with Crippen molar-refractivity contribution in [3.05, 3.63) is 34.9 Å². The van der Waals surface area contributed by atoms with Gasteiger partial charge in [0.1, 0.15) is 0 Å². The molecule has 3 nitrogen and oxygen atoms in total. The van der Waals surface area contributed by atoms with Crippen LogP contribution in [0, 0.1) is 13.8 Å². The maximum absolute atomic E-state index is 11.0. The summed E-state index contributed by atoms with van der Waals surface area (Å²) < 4.78 is 4.60. The molecule has 0 bridgehead atoms. The molecule has 1 rings (SSSR count). The van der Waals surface area contributed by atoms with Gasteiger partial charge in [0.15, 0.2) is 0 Å². The third kappa shape index (κ3) is 4.57. The van der Waals surface area contributed by atoms with Crippen molar-refractivity contribution < 1.29 is 9.53 Å². The van der Waals surface area contributed by atoms with Gasteiger partial charge in [-0.2, -0.15) is 0 Å². The highest BCUT2D eigenvalue weighted by Gasteiger charge is 2.07. The summed E-state index contributed by atoms with van der Waals surface area (Å²) in [5.74, 6) is -0.176. The largest absolute Gasteiger partial charge is 0.469 e.